The minimum Gasteiger partial charge on any atom is -0.302 e. The Balaban J connectivity index is 1.79. The van der Waals surface area contributed by atoms with E-state index in [1.54, 1.807) is 6.07 Å². The van der Waals surface area contributed by atoms with Crippen LogP contribution in [0.1, 0.15) is 21.4 Å². The van der Waals surface area contributed by atoms with Crippen LogP contribution in [-0.2, 0) is 4.79 Å². The van der Waals surface area contributed by atoms with Crippen molar-refractivity contribution in [3.63, 3.8) is 0 Å². The fourth-order valence-corrected chi connectivity index (χ4v) is 4.17. The third-order valence-corrected chi connectivity index (χ3v) is 5.38. The maximum Gasteiger partial charge on any atom is 0.268 e. The molecule has 2 aromatic carbocycles. The van der Waals surface area contributed by atoms with Crippen molar-refractivity contribution in [2.24, 2.45) is 0 Å². The van der Waals surface area contributed by atoms with E-state index in [0.717, 1.165) is 33.2 Å². The van der Waals surface area contributed by atoms with Crippen molar-refractivity contribution in [1.82, 2.24) is 9.96 Å². The lowest BCUT2D eigenvalue weighted by Crippen LogP contribution is -2.34. The molecule has 1 atom stereocenters. The predicted molar refractivity (Wildman–Crippen MR) is 90.6 cm³/mol. The second-order valence-corrected chi connectivity index (χ2v) is 6.94. The minimum absolute atomic E-state index is 0.432. The van der Waals surface area contributed by atoms with Crippen LogP contribution in [0, 0.1) is 11.6 Å². The summed E-state index contributed by atoms with van der Waals surface area (Å²) in [6.45, 7) is -0.470. The van der Waals surface area contributed by atoms with Gasteiger partial charge in [0.1, 0.15) is 23.7 Å². The standard InChI is InChI=1S/C18H12F2N2O3S/c19-11-5-3-6-12(20)16(11)18(24)21-9-15(23)22(25)17(21)14-8-10-4-1-2-7-13(10)26-14/h1-8,17,25H,9H2. The van der Waals surface area contributed by atoms with Crippen LogP contribution < -0.4 is 0 Å². The summed E-state index contributed by atoms with van der Waals surface area (Å²) in [5.74, 6) is -3.76. The molecule has 2 heterocycles. The van der Waals surface area contributed by atoms with Gasteiger partial charge in [0.25, 0.3) is 11.8 Å². The lowest BCUT2D eigenvalue weighted by Gasteiger charge is -2.25. The van der Waals surface area contributed by atoms with Crippen LogP contribution >= 0.6 is 11.3 Å². The number of rotatable bonds is 2. The number of hydrogen-bond acceptors (Lipinski definition) is 4. The third-order valence-electron chi connectivity index (χ3n) is 4.22. The zero-order valence-electron chi connectivity index (χ0n) is 13.2. The van der Waals surface area contributed by atoms with Crippen molar-refractivity contribution in [2.45, 2.75) is 6.17 Å². The molecule has 2 amide bonds. The van der Waals surface area contributed by atoms with Gasteiger partial charge in [0.2, 0.25) is 0 Å². The summed E-state index contributed by atoms with van der Waals surface area (Å²) in [6.07, 6.45) is -1.13. The molecular weight excluding hydrogens is 362 g/mol. The highest BCUT2D eigenvalue weighted by Crippen LogP contribution is 2.38. The highest BCUT2D eigenvalue weighted by molar-refractivity contribution is 7.19. The molecule has 1 unspecified atom stereocenters. The summed E-state index contributed by atoms with van der Waals surface area (Å²) in [6, 6.07) is 12.2. The van der Waals surface area contributed by atoms with Gasteiger partial charge in [-0.15, -0.1) is 11.3 Å². The predicted octanol–water partition coefficient (Wildman–Crippen LogP) is 3.55. The largest absolute Gasteiger partial charge is 0.302 e. The zero-order valence-corrected chi connectivity index (χ0v) is 14.0. The smallest absolute Gasteiger partial charge is 0.268 e. The van der Waals surface area contributed by atoms with E-state index in [4.69, 9.17) is 0 Å². The summed E-state index contributed by atoms with van der Waals surface area (Å²) in [7, 11) is 0. The molecule has 0 spiro atoms. The van der Waals surface area contributed by atoms with Gasteiger partial charge in [-0.3, -0.25) is 14.8 Å². The van der Waals surface area contributed by atoms with Crippen molar-refractivity contribution >= 4 is 33.2 Å². The Hall–Kier alpha value is -2.84. The molecule has 5 nitrogen and oxygen atoms in total. The van der Waals surface area contributed by atoms with Crippen molar-refractivity contribution in [3.05, 3.63) is 70.6 Å². The first kappa shape index (κ1) is 16.6. The van der Waals surface area contributed by atoms with Crippen molar-refractivity contribution < 1.29 is 23.6 Å². The number of amides is 2. The van der Waals surface area contributed by atoms with Gasteiger partial charge < -0.3 is 4.90 Å². The Morgan fingerprint density at radius 1 is 1.12 bits per heavy atom. The number of nitrogens with zero attached hydrogens (tertiary/aromatic N) is 2. The molecule has 1 N–H and O–H groups in total. The molecule has 8 heteroatoms. The first-order valence-corrected chi connectivity index (χ1v) is 8.53. The SMILES string of the molecule is O=C1CN(C(=O)c2c(F)cccc2F)C(c2cc3ccccc3s2)N1O. The van der Waals surface area contributed by atoms with Gasteiger partial charge in [-0.05, 0) is 29.7 Å². The van der Waals surface area contributed by atoms with Gasteiger partial charge in [0.15, 0.2) is 6.17 Å². The monoisotopic (exact) mass is 374 g/mol. The zero-order chi connectivity index (χ0) is 18.4. The molecule has 1 saturated heterocycles. The number of hydroxylamine groups is 2. The molecule has 3 aromatic rings. The lowest BCUT2D eigenvalue weighted by molar-refractivity contribution is -0.168. The van der Waals surface area contributed by atoms with Gasteiger partial charge in [0, 0.05) is 4.70 Å². The molecule has 26 heavy (non-hydrogen) atoms. The van der Waals surface area contributed by atoms with Crippen LogP contribution in [0.4, 0.5) is 8.78 Å². The number of carbonyl (C=O) groups is 2. The molecule has 1 fully saturated rings. The summed E-state index contributed by atoms with van der Waals surface area (Å²) >= 11 is 1.29. The van der Waals surface area contributed by atoms with E-state index in [1.807, 2.05) is 24.3 Å². The van der Waals surface area contributed by atoms with E-state index in [1.165, 1.54) is 11.3 Å². The van der Waals surface area contributed by atoms with Crippen LogP contribution in [0.25, 0.3) is 10.1 Å². The number of halogens is 2. The molecule has 132 valence electrons. The quantitative estimate of drug-likeness (QED) is 0.698. The Labute approximate surface area is 150 Å². The fraction of sp³-hybridized carbons (Fsp3) is 0.111. The summed E-state index contributed by atoms with van der Waals surface area (Å²) in [5, 5.41) is 11.5. The second kappa shape index (κ2) is 6.15. The Morgan fingerprint density at radius 2 is 1.81 bits per heavy atom. The van der Waals surface area contributed by atoms with Gasteiger partial charge in [-0.25, -0.2) is 8.78 Å². The van der Waals surface area contributed by atoms with Crippen molar-refractivity contribution in [2.75, 3.05) is 6.54 Å². The van der Waals surface area contributed by atoms with Crippen LogP contribution in [0.3, 0.4) is 0 Å². The molecule has 0 bridgehead atoms. The van der Waals surface area contributed by atoms with Crippen LogP contribution in [-0.4, -0.2) is 33.5 Å². The number of thiophene rings is 1. The van der Waals surface area contributed by atoms with Crippen molar-refractivity contribution in [1.29, 1.82) is 0 Å². The highest BCUT2D eigenvalue weighted by Gasteiger charge is 2.43. The average Bonchev–Trinajstić information content (AvgIpc) is 3.15. The second-order valence-electron chi connectivity index (χ2n) is 5.83. The summed E-state index contributed by atoms with van der Waals surface area (Å²) in [4.78, 5) is 26.2. The molecule has 0 saturated carbocycles. The number of hydrogen-bond donors (Lipinski definition) is 1. The maximum atomic E-state index is 14.0. The van der Waals surface area contributed by atoms with Crippen molar-refractivity contribution in [3.8, 4) is 0 Å². The molecule has 0 aliphatic carbocycles. The van der Waals surface area contributed by atoms with Crippen LogP contribution in [0.5, 0.6) is 0 Å². The third kappa shape index (κ3) is 2.54. The summed E-state index contributed by atoms with van der Waals surface area (Å²) in [5.41, 5.74) is -0.748. The van der Waals surface area contributed by atoms with Gasteiger partial charge in [-0.2, -0.15) is 5.06 Å². The topological polar surface area (TPSA) is 60.9 Å². The van der Waals surface area contributed by atoms with E-state index in [9.17, 15) is 23.6 Å². The van der Waals surface area contributed by atoms with E-state index >= 15 is 0 Å². The molecule has 4 rings (SSSR count). The van der Waals surface area contributed by atoms with Crippen LogP contribution in [0.15, 0.2) is 48.5 Å². The Bertz CT molecular complexity index is 983. The number of fused-ring (bicyclic) bond motifs is 1. The summed E-state index contributed by atoms with van der Waals surface area (Å²) < 4.78 is 28.9. The van der Waals surface area contributed by atoms with Gasteiger partial charge in [-0.1, -0.05) is 24.3 Å². The fourth-order valence-electron chi connectivity index (χ4n) is 3.01. The Kier molecular flexibility index (Phi) is 3.93. The van der Waals surface area contributed by atoms with E-state index in [-0.39, 0.29) is 0 Å². The normalized spacial score (nSPS) is 17.3. The van der Waals surface area contributed by atoms with Gasteiger partial charge >= 0.3 is 0 Å². The number of benzene rings is 2. The van der Waals surface area contributed by atoms with Gasteiger partial charge in [0.05, 0.1) is 4.88 Å². The highest BCUT2D eigenvalue weighted by atomic mass is 32.1. The first-order valence-electron chi connectivity index (χ1n) is 7.72. The Morgan fingerprint density at radius 3 is 2.50 bits per heavy atom. The molecule has 1 aliphatic heterocycles. The van der Waals surface area contributed by atoms with E-state index in [2.05, 4.69) is 0 Å². The number of carbonyl (C=O) groups excluding carboxylic acids is 2. The molecular formula is C18H12F2N2O3S. The van der Waals surface area contributed by atoms with E-state index < -0.39 is 41.7 Å². The van der Waals surface area contributed by atoms with Crippen LogP contribution in [0.2, 0.25) is 0 Å². The lowest BCUT2D eigenvalue weighted by atomic mass is 10.1. The maximum absolute atomic E-state index is 14.0. The molecule has 1 aliphatic rings. The molecule has 1 aromatic heterocycles. The first-order chi connectivity index (χ1) is 12.5. The average molecular weight is 374 g/mol. The van der Waals surface area contributed by atoms with E-state index in [0.29, 0.717) is 9.94 Å². The molecule has 0 radical (unpaired) electrons. The minimum atomic E-state index is -1.13.